The third-order valence-corrected chi connectivity index (χ3v) is 5.20. The van der Waals surface area contributed by atoms with E-state index >= 15 is 0 Å². The van der Waals surface area contributed by atoms with E-state index in [9.17, 15) is 5.11 Å². The van der Waals surface area contributed by atoms with E-state index in [2.05, 4.69) is 9.88 Å². The molecule has 1 saturated heterocycles. The Morgan fingerprint density at radius 3 is 2.95 bits per heavy atom. The van der Waals surface area contributed by atoms with Gasteiger partial charge in [-0.1, -0.05) is 6.42 Å². The van der Waals surface area contributed by atoms with Crippen molar-refractivity contribution in [2.75, 3.05) is 19.8 Å². The van der Waals surface area contributed by atoms with Gasteiger partial charge in [0.15, 0.2) is 0 Å². The topological polar surface area (TPSA) is 58.7 Å². The molecule has 3 atom stereocenters. The van der Waals surface area contributed by atoms with Crippen molar-refractivity contribution in [2.24, 2.45) is 5.92 Å². The van der Waals surface area contributed by atoms with Crippen LogP contribution in [0.4, 0.5) is 0 Å². The van der Waals surface area contributed by atoms with Crippen molar-refractivity contribution < 1.29 is 14.3 Å². The van der Waals surface area contributed by atoms with E-state index in [0.29, 0.717) is 17.9 Å². The second-order valence-corrected chi connectivity index (χ2v) is 6.71. The molecule has 4 rings (SSSR count). The first-order chi connectivity index (χ1) is 10.3. The molecule has 1 aliphatic heterocycles. The molecule has 1 aromatic heterocycles. The second-order valence-electron chi connectivity index (χ2n) is 6.71. The van der Waals surface area contributed by atoms with Gasteiger partial charge in [-0.3, -0.25) is 4.90 Å². The fraction of sp³-hybridized carbons (Fsp3) is 0.812. The fourth-order valence-corrected chi connectivity index (χ4v) is 3.79. The number of morpholine rings is 1. The van der Waals surface area contributed by atoms with E-state index in [1.165, 1.54) is 12.8 Å². The van der Waals surface area contributed by atoms with Gasteiger partial charge in [0.2, 0.25) is 5.89 Å². The summed E-state index contributed by atoms with van der Waals surface area (Å²) in [5.74, 6) is 2.82. The summed E-state index contributed by atoms with van der Waals surface area (Å²) in [4.78, 5) is 6.83. The zero-order chi connectivity index (χ0) is 14.2. The number of aliphatic hydroxyl groups excluding tert-OH is 1. The van der Waals surface area contributed by atoms with Crippen LogP contribution in [-0.4, -0.2) is 46.9 Å². The molecule has 2 heterocycles. The summed E-state index contributed by atoms with van der Waals surface area (Å²) in [6.07, 6.45) is 7.36. The van der Waals surface area contributed by atoms with E-state index < -0.39 is 0 Å². The van der Waals surface area contributed by atoms with Gasteiger partial charge in [0, 0.05) is 24.4 Å². The number of hydrogen-bond acceptors (Lipinski definition) is 5. The van der Waals surface area contributed by atoms with Gasteiger partial charge in [-0.2, -0.15) is 0 Å². The molecule has 3 aliphatic rings. The minimum absolute atomic E-state index is 0.175. The van der Waals surface area contributed by atoms with Crippen molar-refractivity contribution >= 4 is 0 Å². The Hall–Kier alpha value is -0.910. The van der Waals surface area contributed by atoms with Crippen molar-refractivity contribution in [2.45, 2.75) is 56.7 Å². The van der Waals surface area contributed by atoms with Gasteiger partial charge in [0.05, 0.1) is 32.1 Å². The summed E-state index contributed by atoms with van der Waals surface area (Å²) < 4.78 is 11.6. The van der Waals surface area contributed by atoms with Gasteiger partial charge in [0.25, 0.3) is 0 Å². The van der Waals surface area contributed by atoms with Crippen LogP contribution >= 0.6 is 0 Å². The lowest BCUT2D eigenvalue weighted by Crippen LogP contribution is -2.50. The van der Waals surface area contributed by atoms with E-state index in [-0.39, 0.29) is 6.10 Å². The number of rotatable bonds is 4. The molecular weight excluding hydrogens is 268 g/mol. The van der Waals surface area contributed by atoms with Crippen molar-refractivity contribution in [3.05, 3.63) is 17.8 Å². The first-order valence-corrected chi connectivity index (χ1v) is 8.26. The quantitative estimate of drug-likeness (QED) is 0.918. The first kappa shape index (κ1) is 13.7. The minimum Gasteiger partial charge on any atom is -0.444 e. The molecule has 0 amide bonds. The fourth-order valence-electron chi connectivity index (χ4n) is 3.79. The molecule has 5 heteroatoms. The Balaban J connectivity index is 1.45. The van der Waals surface area contributed by atoms with Crippen molar-refractivity contribution in [3.63, 3.8) is 0 Å². The molecular formula is C16H24N2O3. The maximum atomic E-state index is 10.2. The van der Waals surface area contributed by atoms with Crippen LogP contribution < -0.4 is 0 Å². The SMILES string of the molecule is O[C@@H]1CCC[C@H]1[C@H]1COCCN1Cc1ncc(C2CC2)o1. The lowest BCUT2D eigenvalue weighted by Gasteiger charge is -2.39. The van der Waals surface area contributed by atoms with Gasteiger partial charge in [-0.15, -0.1) is 0 Å². The van der Waals surface area contributed by atoms with Crippen LogP contribution in [0.25, 0.3) is 0 Å². The Bertz CT molecular complexity index is 486. The average molecular weight is 292 g/mol. The third-order valence-electron chi connectivity index (χ3n) is 5.20. The number of ether oxygens (including phenoxy) is 1. The van der Waals surface area contributed by atoms with Crippen LogP contribution in [0.1, 0.15) is 49.7 Å². The molecule has 116 valence electrons. The highest BCUT2D eigenvalue weighted by Crippen LogP contribution is 2.40. The van der Waals surface area contributed by atoms with Crippen LogP contribution in [0, 0.1) is 5.92 Å². The number of aliphatic hydroxyl groups is 1. The van der Waals surface area contributed by atoms with E-state index in [4.69, 9.17) is 9.15 Å². The van der Waals surface area contributed by atoms with E-state index in [1.54, 1.807) is 0 Å². The molecule has 0 bridgehead atoms. The lowest BCUT2D eigenvalue weighted by atomic mass is 9.94. The number of oxazole rings is 1. The highest BCUT2D eigenvalue weighted by molar-refractivity contribution is 5.08. The van der Waals surface area contributed by atoms with Crippen LogP contribution in [-0.2, 0) is 11.3 Å². The molecule has 5 nitrogen and oxygen atoms in total. The van der Waals surface area contributed by atoms with Crippen LogP contribution in [0.15, 0.2) is 10.6 Å². The molecule has 0 radical (unpaired) electrons. The molecule has 0 unspecified atom stereocenters. The predicted octanol–water partition coefficient (Wildman–Crippen LogP) is 1.91. The highest BCUT2D eigenvalue weighted by Gasteiger charge is 2.38. The average Bonchev–Trinajstić information content (AvgIpc) is 3.10. The van der Waals surface area contributed by atoms with Crippen molar-refractivity contribution in [1.82, 2.24) is 9.88 Å². The summed E-state index contributed by atoms with van der Waals surface area (Å²) >= 11 is 0. The molecule has 3 fully saturated rings. The monoisotopic (exact) mass is 292 g/mol. The molecule has 0 aromatic carbocycles. The lowest BCUT2D eigenvalue weighted by molar-refractivity contribution is -0.0563. The minimum atomic E-state index is -0.175. The van der Waals surface area contributed by atoms with Gasteiger partial charge in [-0.25, -0.2) is 4.98 Å². The second kappa shape index (κ2) is 5.71. The van der Waals surface area contributed by atoms with Crippen molar-refractivity contribution in [3.8, 4) is 0 Å². The highest BCUT2D eigenvalue weighted by atomic mass is 16.5. The molecule has 2 saturated carbocycles. The Labute approximate surface area is 125 Å². The maximum absolute atomic E-state index is 10.2. The molecule has 1 aromatic rings. The van der Waals surface area contributed by atoms with Gasteiger partial charge < -0.3 is 14.3 Å². The predicted molar refractivity (Wildman–Crippen MR) is 76.8 cm³/mol. The zero-order valence-corrected chi connectivity index (χ0v) is 12.4. The number of hydrogen-bond donors (Lipinski definition) is 1. The van der Waals surface area contributed by atoms with Crippen LogP contribution in [0.5, 0.6) is 0 Å². The summed E-state index contributed by atoms with van der Waals surface area (Å²) in [6, 6.07) is 0.299. The smallest absolute Gasteiger partial charge is 0.208 e. The van der Waals surface area contributed by atoms with Crippen LogP contribution in [0.3, 0.4) is 0 Å². The zero-order valence-electron chi connectivity index (χ0n) is 12.4. The van der Waals surface area contributed by atoms with Crippen molar-refractivity contribution in [1.29, 1.82) is 0 Å². The Kier molecular flexibility index (Phi) is 3.73. The number of aromatic nitrogens is 1. The molecule has 0 spiro atoms. The normalized spacial score (nSPS) is 34.4. The standard InChI is InChI=1S/C16H24N2O3/c19-14-3-1-2-12(14)13-10-20-7-6-18(13)9-16-17-8-15(21-16)11-4-5-11/h8,11-14,19H,1-7,9-10H2/t12-,13+,14+/m0/s1. The molecule has 21 heavy (non-hydrogen) atoms. The summed E-state index contributed by atoms with van der Waals surface area (Å²) in [5.41, 5.74) is 0. The van der Waals surface area contributed by atoms with Gasteiger partial charge in [-0.05, 0) is 25.7 Å². The van der Waals surface area contributed by atoms with Crippen LogP contribution in [0.2, 0.25) is 0 Å². The van der Waals surface area contributed by atoms with E-state index in [1.807, 2.05) is 6.20 Å². The summed E-state index contributed by atoms with van der Waals surface area (Å²) in [5, 5.41) is 10.2. The van der Waals surface area contributed by atoms with Gasteiger partial charge >= 0.3 is 0 Å². The largest absolute Gasteiger partial charge is 0.444 e. The van der Waals surface area contributed by atoms with E-state index in [0.717, 1.165) is 57.2 Å². The van der Waals surface area contributed by atoms with Gasteiger partial charge in [0.1, 0.15) is 5.76 Å². The number of nitrogens with zero attached hydrogens (tertiary/aromatic N) is 2. The first-order valence-electron chi connectivity index (χ1n) is 8.26. The molecule has 2 aliphatic carbocycles. The Morgan fingerprint density at radius 1 is 1.29 bits per heavy atom. The molecule has 1 N–H and O–H groups in total. The summed E-state index contributed by atoms with van der Waals surface area (Å²) in [6.45, 7) is 3.12. The maximum Gasteiger partial charge on any atom is 0.208 e. The third kappa shape index (κ3) is 2.87. The Morgan fingerprint density at radius 2 is 2.19 bits per heavy atom. The summed E-state index contributed by atoms with van der Waals surface area (Å²) in [7, 11) is 0.